The lowest BCUT2D eigenvalue weighted by Crippen LogP contribution is -2.00. The van der Waals surface area contributed by atoms with Crippen LogP contribution in [0.2, 0.25) is 0 Å². The zero-order chi connectivity index (χ0) is 16.6. The Balaban J connectivity index is 2.10. The molecule has 23 heavy (non-hydrogen) atoms. The smallest absolute Gasteiger partial charge is 0.175 e. The van der Waals surface area contributed by atoms with Gasteiger partial charge in [-0.2, -0.15) is 0 Å². The Labute approximate surface area is 137 Å². The summed E-state index contributed by atoms with van der Waals surface area (Å²) in [5.74, 6) is 0. The largest absolute Gasteiger partial charge is 0.314 e. The Morgan fingerprint density at radius 1 is 0.783 bits per heavy atom. The summed E-state index contributed by atoms with van der Waals surface area (Å²) in [6.07, 6.45) is 1.22. The summed E-state index contributed by atoms with van der Waals surface area (Å²) in [7, 11) is -3.17. The number of aryl methyl sites for hydroxylation is 2. The van der Waals surface area contributed by atoms with Crippen molar-refractivity contribution in [2.45, 2.75) is 18.7 Å². The zero-order valence-corrected chi connectivity index (χ0v) is 14.3. The van der Waals surface area contributed by atoms with Crippen LogP contribution in [0.5, 0.6) is 0 Å². The second-order valence-electron chi connectivity index (χ2n) is 5.83. The van der Waals surface area contributed by atoms with E-state index in [1.54, 1.807) is 12.1 Å². The van der Waals surface area contributed by atoms with Gasteiger partial charge in [0.25, 0.3) is 0 Å². The van der Waals surface area contributed by atoms with Crippen molar-refractivity contribution in [2.24, 2.45) is 0 Å². The molecule has 118 valence electrons. The minimum absolute atomic E-state index is 0.339. The number of benzene rings is 2. The molecule has 2 aromatic carbocycles. The average molecular weight is 325 g/mol. The molecule has 0 aliphatic rings. The van der Waals surface area contributed by atoms with Gasteiger partial charge in [-0.1, -0.05) is 29.8 Å². The molecule has 0 atom stereocenters. The molecule has 0 amide bonds. The molecule has 0 N–H and O–H groups in total. The van der Waals surface area contributed by atoms with Crippen molar-refractivity contribution >= 4 is 9.84 Å². The molecule has 0 radical (unpaired) electrons. The zero-order valence-electron chi connectivity index (χ0n) is 13.4. The van der Waals surface area contributed by atoms with Crippen molar-refractivity contribution in [3.8, 4) is 16.9 Å². The summed E-state index contributed by atoms with van der Waals surface area (Å²) in [4.78, 5) is 0.339. The van der Waals surface area contributed by atoms with Crippen molar-refractivity contribution < 1.29 is 8.42 Å². The standard InChI is InChI=1S/C19H19NO2S/c1-14-4-9-17(10-5-14)20-15(2)6-13-19(20)16-7-11-18(12-8-16)23(3,21)22/h4-13H,1-3H3. The first-order valence-corrected chi connectivity index (χ1v) is 9.31. The fourth-order valence-electron chi connectivity index (χ4n) is 2.67. The second kappa shape index (κ2) is 5.70. The van der Waals surface area contributed by atoms with Crippen LogP contribution in [0.3, 0.4) is 0 Å². The van der Waals surface area contributed by atoms with Gasteiger partial charge in [0.15, 0.2) is 9.84 Å². The molecule has 3 nitrogen and oxygen atoms in total. The van der Waals surface area contributed by atoms with E-state index in [9.17, 15) is 8.42 Å². The Hall–Kier alpha value is -2.33. The predicted octanol–water partition coefficient (Wildman–Crippen LogP) is 4.16. The molecule has 0 fully saturated rings. The minimum Gasteiger partial charge on any atom is -0.314 e. The van der Waals surface area contributed by atoms with Crippen molar-refractivity contribution in [1.82, 2.24) is 4.57 Å². The lowest BCUT2D eigenvalue weighted by atomic mass is 10.1. The van der Waals surface area contributed by atoms with Crippen LogP contribution in [-0.2, 0) is 9.84 Å². The molecule has 3 aromatic rings. The average Bonchev–Trinajstić information content (AvgIpc) is 2.89. The summed E-state index contributed by atoms with van der Waals surface area (Å²) >= 11 is 0. The summed E-state index contributed by atoms with van der Waals surface area (Å²) in [5, 5.41) is 0. The quantitative estimate of drug-likeness (QED) is 0.725. The first kappa shape index (κ1) is 15.6. The lowest BCUT2D eigenvalue weighted by molar-refractivity contribution is 0.602. The fourth-order valence-corrected chi connectivity index (χ4v) is 3.30. The van der Waals surface area contributed by atoms with Crippen molar-refractivity contribution in [1.29, 1.82) is 0 Å². The van der Waals surface area contributed by atoms with Gasteiger partial charge in [-0.25, -0.2) is 8.42 Å². The van der Waals surface area contributed by atoms with E-state index in [0.717, 1.165) is 22.6 Å². The Morgan fingerprint density at radius 3 is 1.96 bits per heavy atom. The van der Waals surface area contributed by atoms with E-state index in [0.29, 0.717) is 4.90 Å². The van der Waals surface area contributed by atoms with E-state index >= 15 is 0 Å². The summed E-state index contributed by atoms with van der Waals surface area (Å²) in [6, 6.07) is 19.5. The highest BCUT2D eigenvalue weighted by molar-refractivity contribution is 7.90. The SMILES string of the molecule is Cc1ccc(-n2c(C)ccc2-c2ccc(S(C)(=O)=O)cc2)cc1. The molecular formula is C19H19NO2S. The molecule has 1 aromatic heterocycles. The number of nitrogens with zero attached hydrogens (tertiary/aromatic N) is 1. The number of sulfone groups is 1. The molecular weight excluding hydrogens is 306 g/mol. The van der Waals surface area contributed by atoms with E-state index in [1.807, 2.05) is 12.1 Å². The molecule has 4 heteroatoms. The summed E-state index contributed by atoms with van der Waals surface area (Å²) < 4.78 is 25.4. The van der Waals surface area contributed by atoms with Crippen LogP contribution >= 0.6 is 0 Å². The van der Waals surface area contributed by atoms with Crippen LogP contribution in [0.25, 0.3) is 16.9 Å². The van der Waals surface area contributed by atoms with Gasteiger partial charge in [-0.3, -0.25) is 0 Å². The van der Waals surface area contributed by atoms with Gasteiger partial charge in [-0.05, 0) is 55.8 Å². The van der Waals surface area contributed by atoms with Gasteiger partial charge in [0.1, 0.15) is 0 Å². The molecule has 0 saturated heterocycles. The van der Waals surface area contributed by atoms with Crippen LogP contribution in [0, 0.1) is 13.8 Å². The first-order chi connectivity index (χ1) is 10.9. The van der Waals surface area contributed by atoms with Crippen LogP contribution in [-0.4, -0.2) is 19.2 Å². The predicted molar refractivity (Wildman–Crippen MR) is 93.8 cm³/mol. The van der Waals surface area contributed by atoms with Gasteiger partial charge in [0.2, 0.25) is 0 Å². The van der Waals surface area contributed by atoms with Gasteiger partial charge < -0.3 is 4.57 Å². The van der Waals surface area contributed by atoms with Crippen LogP contribution in [0.4, 0.5) is 0 Å². The number of aromatic nitrogens is 1. The molecule has 1 heterocycles. The molecule has 0 aliphatic heterocycles. The summed E-state index contributed by atoms with van der Waals surface area (Å²) in [6.45, 7) is 4.13. The monoisotopic (exact) mass is 325 g/mol. The highest BCUT2D eigenvalue weighted by Crippen LogP contribution is 2.27. The van der Waals surface area contributed by atoms with Crippen molar-refractivity contribution in [3.63, 3.8) is 0 Å². The third-order valence-electron chi connectivity index (χ3n) is 3.95. The van der Waals surface area contributed by atoms with Gasteiger partial charge in [-0.15, -0.1) is 0 Å². The maximum absolute atomic E-state index is 11.6. The first-order valence-electron chi connectivity index (χ1n) is 7.42. The lowest BCUT2D eigenvalue weighted by Gasteiger charge is -2.13. The fraction of sp³-hybridized carbons (Fsp3) is 0.158. The molecule has 0 bridgehead atoms. The van der Waals surface area contributed by atoms with Crippen LogP contribution < -0.4 is 0 Å². The maximum Gasteiger partial charge on any atom is 0.175 e. The highest BCUT2D eigenvalue weighted by Gasteiger charge is 2.11. The Kier molecular flexibility index (Phi) is 3.86. The third-order valence-corrected chi connectivity index (χ3v) is 5.07. The Morgan fingerprint density at radius 2 is 1.39 bits per heavy atom. The number of hydrogen-bond acceptors (Lipinski definition) is 2. The van der Waals surface area contributed by atoms with Crippen molar-refractivity contribution in [2.75, 3.05) is 6.26 Å². The number of hydrogen-bond donors (Lipinski definition) is 0. The second-order valence-corrected chi connectivity index (χ2v) is 7.84. The van der Waals surface area contributed by atoms with Gasteiger partial charge in [0, 0.05) is 17.6 Å². The molecule has 0 aliphatic carbocycles. The van der Waals surface area contributed by atoms with Crippen LogP contribution in [0.15, 0.2) is 65.6 Å². The van der Waals surface area contributed by atoms with Crippen LogP contribution in [0.1, 0.15) is 11.3 Å². The normalized spacial score (nSPS) is 11.6. The molecule has 0 spiro atoms. The number of rotatable bonds is 3. The van der Waals surface area contributed by atoms with E-state index in [4.69, 9.17) is 0 Å². The van der Waals surface area contributed by atoms with E-state index in [-0.39, 0.29) is 0 Å². The molecule has 3 rings (SSSR count). The maximum atomic E-state index is 11.6. The van der Waals surface area contributed by atoms with Crippen molar-refractivity contribution in [3.05, 3.63) is 71.9 Å². The van der Waals surface area contributed by atoms with E-state index in [1.165, 1.54) is 11.8 Å². The van der Waals surface area contributed by atoms with E-state index in [2.05, 4.69) is 54.8 Å². The van der Waals surface area contributed by atoms with E-state index < -0.39 is 9.84 Å². The molecule has 0 saturated carbocycles. The molecule has 0 unspecified atom stereocenters. The summed E-state index contributed by atoms with van der Waals surface area (Å²) in [5.41, 5.74) is 5.49. The minimum atomic E-state index is -3.17. The topological polar surface area (TPSA) is 39.1 Å². The Bertz CT molecular complexity index is 934. The van der Waals surface area contributed by atoms with Gasteiger partial charge in [0.05, 0.1) is 10.6 Å². The third kappa shape index (κ3) is 3.08. The highest BCUT2D eigenvalue weighted by atomic mass is 32.2. The van der Waals surface area contributed by atoms with Gasteiger partial charge >= 0.3 is 0 Å².